The lowest BCUT2D eigenvalue weighted by atomic mass is 9.99. The van der Waals surface area contributed by atoms with E-state index in [1.165, 1.54) is 12.1 Å². The molecular formula is C14H21Cl3N2O3S. The Morgan fingerprint density at radius 2 is 1.96 bits per heavy atom. The standard InChI is InChI=1S/C14H20Cl2N2O3S.ClH/c1-10-12(15)6-11(7-13(10)16)22(19,20)18-8-14(9-21-2)4-3-5-17-14;/h6-7,17-18H,3-5,8-9H2,1-2H3;1H. The van der Waals surface area contributed by atoms with Gasteiger partial charge in [-0.1, -0.05) is 23.2 Å². The van der Waals surface area contributed by atoms with Crippen LogP contribution in [0.2, 0.25) is 10.0 Å². The van der Waals surface area contributed by atoms with Gasteiger partial charge in [-0.15, -0.1) is 12.4 Å². The Bertz CT molecular complexity index is 624. The number of benzene rings is 1. The van der Waals surface area contributed by atoms with Gasteiger partial charge in [-0.25, -0.2) is 13.1 Å². The summed E-state index contributed by atoms with van der Waals surface area (Å²) in [5.74, 6) is 0. The largest absolute Gasteiger partial charge is 0.383 e. The zero-order chi connectivity index (χ0) is 16.4. The number of hydrogen-bond acceptors (Lipinski definition) is 4. The van der Waals surface area contributed by atoms with Gasteiger partial charge in [0.05, 0.1) is 17.0 Å². The monoisotopic (exact) mass is 402 g/mol. The Kier molecular flexibility index (Phi) is 7.60. The molecule has 2 rings (SSSR count). The molecule has 0 aromatic heterocycles. The number of hydrogen-bond donors (Lipinski definition) is 2. The van der Waals surface area contributed by atoms with Crippen LogP contribution in [-0.4, -0.2) is 40.8 Å². The Balaban J connectivity index is 0.00000264. The van der Waals surface area contributed by atoms with E-state index < -0.39 is 10.0 Å². The van der Waals surface area contributed by atoms with Crippen LogP contribution in [0.15, 0.2) is 17.0 Å². The summed E-state index contributed by atoms with van der Waals surface area (Å²) in [6, 6.07) is 2.83. The lowest BCUT2D eigenvalue weighted by molar-refractivity contribution is 0.122. The van der Waals surface area contributed by atoms with E-state index in [0.717, 1.165) is 19.4 Å². The lowest BCUT2D eigenvalue weighted by Crippen LogP contribution is -2.52. The fraction of sp³-hybridized carbons (Fsp3) is 0.571. The fourth-order valence-corrected chi connectivity index (χ4v) is 4.36. The summed E-state index contributed by atoms with van der Waals surface area (Å²) >= 11 is 12.0. The van der Waals surface area contributed by atoms with Crippen LogP contribution in [-0.2, 0) is 14.8 Å². The van der Waals surface area contributed by atoms with Crippen LogP contribution in [0, 0.1) is 6.92 Å². The minimum atomic E-state index is -3.68. The van der Waals surface area contributed by atoms with Crippen LogP contribution in [0.25, 0.3) is 0 Å². The maximum Gasteiger partial charge on any atom is 0.240 e. The first-order valence-corrected chi connectivity index (χ1v) is 9.23. The molecule has 1 aromatic rings. The van der Waals surface area contributed by atoms with Crippen molar-refractivity contribution < 1.29 is 13.2 Å². The summed E-state index contributed by atoms with van der Waals surface area (Å²) in [6.07, 6.45) is 1.85. The van der Waals surface area contributed by atoms with E-state index in [4.69, 9.17) is 27.9 Å². The van der Waals surface area contributed by atoms with Crippen molar-refractivity contribution in [1.82, 2.24) is 10.0 Å². The van der Waals surface area contributed by atoms with E-state index in [0.29, 0.717) is 22.2 Å². The van der Waals surface area contributed by atoms with Crippen LogP contribution in [0.3, 0.4) is 0 Å². The Morgan fingerprint density at radius 3 is 2.43 bits per heavy atom. The van der Waals surface area contributed by atoms with E-state index in [1.54, 1.807) is 14.0 Å². The van der Waals surface area contributed by atoms with E-state index in [2.05, 4.69) is 10.0 Å². The molecule has 2 N–H and O–H groups in total. The number of ether oxygens (including phenoxy) is 1. The van der Waals surface area contributed by atoms with Gasteiger partial charge in [0, 0.05) is 23.7 Å². The molecule has 1 aliphatic heterocycles. The zero-order valence-electron chi connectivity index (χ0n) is 13.0. The average molecular weight is 404 g/mol. The molecular weight excluding hydrogens is 383 g/mol. The molecule has 0 radical (unpaired) electrons. The molecule has 1 saturated heterocycles. The number of halogens is 3. The normalized spacial score (nSPS) is 21.2. The van der Waals surface area contributed by atoms with Crippen molar-refractivity contribution in [3.63, 3.8) is 0 Å². The second kappa shape index (κ2) is 8.34. The van der Waals surface area contributed by atoms with Crippen LogP contribution in [0.4, 0.5) is 0 Å². The molecule has 0 aliphatic carbocycles. The molecule has 0 saturated carbocycles. The molecule has 1 heterocycles. The average Bonchev–Trinajstić information content (AvgIpc) is 2.92. The third kappa shape index (κ3) is 4.95. The summed E-state index contributed by atoms with van der Waals surface area (Å²) in [4.78, 5) is 0.0682. The van der Waals surface area contributed by atoms with Crippen LogP contribution >= 0.6 is 35.6 Å². The molecule has 5 nitrogen and oxygen atoms in total. The molecule has 1 unspecified atom stereocenters. The third-order valence-electron chi connectivity index (χ3n) is 3.92. The summed E-state index contributed by atoms with van der Waals surface area (Å²) in [7, 11) is -2.07. The first-order chi connectivity index (χ1) is 10.3. The summed E-state index contributed by atoms with van der Waals surface area (Å²) in [6.45, 7) is 3.30. The highest BCUT2D eigenvalue weighted by Crippen LogP contribution is 2.28. The second-order valence-corrected chi connectivity index (χ2v) is 8.16. The van der Waals surface area contributed by atoms with Crippen LogP contribution in [0.5, 0.6) is 0 Å². The van der Waals surface area contributed by atoms with Gasteiger partial charge in [0.1, 0.15) is 0 Å². The molecule has 0 bridgehead atoms. The van der Waals surface area contributed by atoms with E-state index in [9.17, 15) is 8.42 Å². The van der Waals surface area contributed by atoms with Gasteiger partial charge in [0.25, 0.3) is 0 Å². The van der Waals surface area contributed by atoms with Crippen molar-refractivity contribution >= 4 is 45.6 Å². The van der Waals surface area contributed by atoms with Crippen molar-refractivity contribution in [2.45, 2.75) is 30.2 Å². The molecule has 9 heteroatoms. The summed E-state index contributed by atoms with van der Waals surface area (Å²) < 4.78 is 32.8. The number of methoxy groups -OCH3 is 1. The van der Waals surface area contributed by atoms with Crippen molar-refractivity contribution in [2.75, 3.05) is 26.8 Å². The van der Waals surface area contributed by atoms with Gasteiger partial charge in [-0.3, -0.25) is 0 Å². The molecule has 1 aliphatic rings. The number of rotatable bonds is 6. The SMILES string of the molecule is COCC1(CNS(=O)(=O)c2cc(Cl)c(C)c(Cl)c2)CCCN1.Cl. The lowest BCUT2D eigenvalue weighted by Gasteiger charge is -2.28. The first-order valence-electron chi connectivity index (χ1n) is 6.99. The van der Waals surface area contributed by atoms with Crippen molar-refractivity contribution in [1.29, 1.82) is 0 Å². The van der Waals surface area contributed by atoms with Gasteiger partial charge in [-0.2, -0.15) is 0 Å². The molecule has 1 aromatic carbocycles. The van der Waals surface area contributed by atoms with Crippen LogP contribution < -0.4 is 10.0 Å². The fourth-order valence-electron chi connectivity index (χ4n) is 2.56. The Hall–Kier alpha value is -0.0800. The maximum atomic E-state index is 12.5. The van der Waals surface area contributed by atoms with Crippen molar-refractivity contribution in [3.8, 4) is 0 Å². The predicted octanol–water partition coefficient (Wildman–Crippen LogP) is 2.77. The third-order valence-corrected chi connectivity index (χ3v) is 6.08. The Labute approximate surface area is 153 Å². The summed E-state index contributed by atoms with van der Waals surface area (Å²) in [5, 5.41) is 3.99. The molecule has 1 atom stereocenters. The number of sulfonamides is 1. The van der Waals surface area contributed by atoms with Gasteiger partial charge in [0.15, 0.2) is 0 Å². The minimum Gasteiger partial charge on any atom is -0.383 e. The topological polar surface area (TPSA) is 67.4 Å². The Morgan fingerprint density at radius 1 is 1.35 bits per heavy atom. The highest BCUT2D eigenvalue weighted by Gasteiger charge is 2.34. The molecule has 0 spiro atoms. The second-order valence-electron chi connectivity index (χ2n) is 5.58. The van der Waals surface area contributed by atoms with Gasteiger partial charge in [0.2, 0.25) is 10.0 Å². The minimum absolute atomic E-state index is 0. The van der Waals surface area contributed by atoms with Gasteiger partial charge < -0.3 is 10.1 Å². The maximum absolute atomic E-state index is 12.5. The molecule has 132 valence electrons. The van der Waals surface area contributed by atoms with Crippen molar-refractivity contribution in [3.05, 3.63) is 27.7 Å². The van der Waals surface area contributed by atoms with Crippen LogP contribution in [0.1, 0.15) is 18.4 Å². The van der Waals surface area contributed by atoms with Gasteiger partial charge in [-0.05, 0) is 44.0 Å². The smallest absolute Gasteiger partial charge is 0.240 e. The highest BCUT2D eigenvalue weighted by atomic mass is 35.5. The molecule has 1 fully saturated rings. The number of nitrogens with one attached hydrogen (secondary N) is 2. The summed E-state index contributed by atoms with van der Waals surface area (Å²) in [5.41, 5.74) is 0.302. The highest BCUT2D eigenvalue weighted by molar-refractivity contribution is 7.89. The predicted molar refractivity (Wildman–Crippen MR) is 95.5 cm³/mol. The quantitative estimate of drug-likeness (QED) is 0.766. The molecule has 23 heavy (non-hydrogen) atoms. The first kappa shape index (κ1) is 21.0. The van der Waals surface area contributed by atoms with Crippen molar-refractivity contribution in [2.24, 2.45) is 0 Å². The zero-order valence-corrected chi connectivity index (χ0v) is 16.1. The van der Waals surface area contributed by atoms with Gasteiger partial charge >= 0.3 is 0 Å². The van der Waals surface area contributed by atoms with E-state index >= 15 is 0 Å². The van der Waals surface area contributed by atoms with E-state index in [-0.39, 0.29) is 29.4 Å². The molecule has 0 amide bonds. The van der Waals surface area contributed by atoms with E-state index in [1.807, 2.05) is 0 Å².